The van der Waals surface area contributed by atoms with E-state index in [-0.39, 0.29) is 11.5 Å². The Morgan fingerprint density at radius 1 is 0.750 bits per heavy atom. The molecule has 0 radical (unpaired) electrons. The van der Waals surface area contributed by atoms with Gasteiger partial charge in [-0.15, -0.1) is 0 Å². The van der Waals surface area contributed by atoms with Crippen LogP contribution in [0.15, 0.2) is 78.9 Å². The van der Waals surface area contributed by atoms with Crippen molar-refractivity contribution in [2.75, 3.05) is 5.73 Å². The highest BCUT2D eigenvalue weighted by atomic mass is 16.6. The molecule has 0 saturated carbocycles. The third kappa shape index (κ3) is 2.37. The monoisotopic (exact) mass is 423 g/mol. The molecule has 4 N–H and O–H groups in total. The van der Waals surface area contributed by atoms with E-state index in [4.69, 9.17) is 15.2 Å². The van der Waals surface area contributed by atoms with E-state index in [0.717, 1.165) is 11.1 Å². The number of aromatic hydroxyl groups is 2. The van der Waals surface area contributed by atoms with Gasteiger partial charge in [0.25, 0.3) is 0 Å². The second-order valence-electron chi connectivity index (χ2n) is 7.88. The van der Waals surface area contributed by atoms with Crippen molar-refractivity contribution < 1.29 is 24.5 Å². The topological polar surface area (TPSA) is 102 Å². The van der Waals surface area contributed by atoms with Crippen LogP contribution in [0.5, 0.6) is 23.0 Å². The van der Waals surface area contributed by atoms with Gasteiger partial charge in [-0.05, 0) is 47.5 Å². The number of nitrogen functional groups attached to an aromatic ring is 1. The van der Waals surface area contributed by atoms with Crippen LogP contribution in [0.25, 0.3) is 11.1 Å². The smallest absolute Gasteiger partial charge is 0.340 e. The maximum Gasteiger partial charge on any atom is 0.340 e. The van der Waals surface area contributed by atoms with Crippen LogP contribution in [0.3, 0.4) is 0 Å². The van der Waals surface area contributed by atoms with Gasteiger partial charge in [0.1, 0.15) is 23.0 Å². The molecule has 2 aliphatic heterocycles. The van der Waals surface area contributed by atoms with Crippen molar-refractivity contribution in [3.8, 4) is 34.1 Å². The highest BCUT2D eigenvalue weighted by molar-refractivity contribution is 6.03. The van der Waals surface area contributed by atoms with Crippen LogP contribution in [-0.4, -0.2) is 16.2 Å². The molecule has 0 fully saturated rings. The normalized spacial score (nSPS) is 14.8. The second-order valence-corrected chi connectivity index (χ2v) is 7.88. The quantitative estimate of drug-likeness (QED) is 0.297. The summed E-state index contributed by atoms with van der Waals surface area (Å²) in [6.07, 6.45) is 0. The number of hydrogen-bond acceptors (Lipinski definition) is 6. The summed E-state index contributed by atoms with van der Waals surface area (Å²) in [5.41, 5.74) is 9.08. The van der Waals surface area contributed by atoms with Crippen molar-refractivity contribution in [2.45, 2.75) is 5.60 Å². The zero-order valence-electron chi connectivity index (χ0n) is 16.7. The Hall–Kier alpha value is -4.45. The van der Waals surface area contributed by atoms with Gasteiger partial charge in [0.15, 0.2) is 5.60 Å². The number of phenolic OH excluding ortho intramolecular Hbond substituents is 2. The van der Waals surface area contributed by atoms with Crippen LogP contribution in [-0.2, 0) is 10.3 Å². The molecule has 2 heterocycles. The maximum absolute atomic E-state index is 13.4. The Labute approximate surface area is 183 Å². The van der Waals surface area contributed by atoms with E-state index in [2.05, 4.69) is 0 Å². The van der Waals surface area contributed by atoms with Gasteiger partial charge in [-0.1, -0.05) is 30.3 Å². The minimum Gasteiger partial charge on any atom is -0.508 e. The van der Waals surface area contributed by atoms with Crippen molar-refractivity contribution in [2.24, 2.45) is 0 Å². The van der Waals surface area contributed by atoms with Gasteiger partial charge in [0.2, 0.25) is 0 Å². The maximum atomic E-state index is 13.4. The SMILES string of the molecule is Nc1ccc(-c2cccc3c2C(=O)OC32c3ccc(O)cc3Oc3cc(O)ccc32)cc1. The van der Waals surface area contributed by atoms with Crippen molar-refractivity contribution in [1.82, 2.24) is 0 Å². The van der Waals surface area contributed by atoms with Crippen molar-refractivity contribution in [3.63, 3.8) is 0 Å². The number of benzene rings is 4. The predicted molar refractivity (Wildman–Crippen MR) is 118 cm³/mol. The first kappa shape index (κ1) is 18.3. The number of hydrogen-bond donors (Lipinski definition) is 3. The number of anilines is 1. The Balaban J connectivity index is 1.68. The van der Waals surface area contributed by atoms with Gasteiger partial charge in [0.05, 0.1) is 5.56 Å². The number of carbonyl (C=O) groups is 1. The fourth-order valence-electron chi connectivity index (χ4n) is 4.65. The molecule has 4 aromatic rings. The van der Waals surface area contributed by atoms with Gasteiger partial charge in [0, 0.05) is 34.5 Å². The van der Waals surface area contributed by atoms with E-state index in [1.165, 1.54) is 24.3 Å². The van der Waals surface area contributed by atoms with Crippen LogP contribution < -0.4 is 10.5 Å². The molecule has 156 valence electrons. The van der Waals surface area contributed by atoms with Gasteiger partial charge < -0.3 is 25.4 Å². The summed E-state index contributed by atoms with van der Waals surface area (Å²) in [6.45, 7) is 0. The summed E-state index contributed by atoms with van der Waals surface area (Å²) in [6, 6.07) is 22.3. The molecule has 4 aromatic carbocycles. The van der Waals surface area contributed by atoms with E-state index >= 15 is 0 Å². The van der Waals surface area contributed by atoms with E-state index in [1.807, 2.05) is 30.3 Å². The molecule has 0 amide bonds. The molecule has 0 aliphatic carbocycles. The number of phenols is 2. The number of rotatable bonds is 1. The standard InChI is InChI=1S/C26H17NO5/c27-15-6-4-14(5-7-15)18-2-1-3-21-24(18)25(30)32-26(21)19-10-8-16(28)12-22(19)31-23-13-17(29)9-11-20(23)26/h1-13,28-29H,27H2. The van der Waals surface area contributed by atoms with Crippen molar-refractivity contribution in [3.05, 3.63) is 101 Å². The number of fused-ring (bicyclic) bond motifs is 6. The lowest BCUT2D eigenvalue weighted by atomic mass is 9.76. The zero-order valence-corrected chi connectivity index (χ0v) is 16.7. The first-order valence-electron chi connectivity index (χ1n) is 10.0. The summed E-state index contributed by atoms with van der Waals surface area (Å²) in [4.78, 5) is 13.4. The summed E-state index contributed by atoms with van der Waals surface area (Å²) in [5, 5.41) is 20.1. The third-order valence-corrected chi connectivity index (χ3v) is 6.02. The minimum atomic E-state index is -1.28. The molecule has 2 aliphatic rings. The Morgan fingerprint density at radius 2 is 1.38 bits per heavy atom. The average Bonchev–Trinajstić information content (AvgIpc) is 3.07. The Morgan fingerprint density at radius 3 is 2.00 bits per heavy atom. The molecular weight excluding hydrogens is 406 g/mol. The molecule has 0 unspecified atom stereocenters. The zero-order chi connectivity index (χ0) is 22.0. The highest BCUT2D eigenvalue weighted by Crippen LogP contribution is 2.57. The second kappa shape index (κ2) is 6.28. The number of ether oxygens (including phenoxy) is 2. The molecule has 6 heteroatoms. The van der Waals surface area contributed by atoms with Gasteiger partial charge in [-0.2, -0.15) is 0 Å². The molecular formula is C26H17NO5. The number of esters is 1. The summed E-state index contributed by atoms with van der Waals surface area (Å²) < 4.78 is 12.2. The molecule has 6 rings (SSSR count). The van der Waals surface area contributed by atoms with E-state index < -0.39 is 11.6 Å². The summed E-state index contributed by atoms with van der Waals surface area (Å²) >= 11 is 0. The molecule has 0 bridgehead atoms. The molecule has 1 spiro atoms. The number of nitrogens with two attached hydrogens (primary N) is 1. The first-order chi connectivity index (χ1) is 15.5. The third-order valence-electron chi connectivity index (χ3n) is 6.02. The number of carbonyl (C=O) groups excluding carboxylic acids is 1. The van der Waals surface area contributed by atoms with E-state index in [1.54, 1.807) is 24.3 Å². The van der Waals surface area contributed by atoms with Gasteiger partial charge in [-0.25, -0.2) is 4.79 Å². The van der Waals surface area contributed by atoms with Crippen LogP contribution >= 0.6 is 0 Å². The molecule has 0 saturated heterocycles. The summed E-state index contributed by atoms with van der Waals surface area (Å²) in [7, 11) is 0. The molecule has 0 atom stereocenters. The lowest BCUT2D eigenvalue weighted by Gasteiger charge is -2.36. The Bertz CT molecular complexity index is 1370. The molecule has 0 aromatic heterocycles. The van der Waals surface area contributed by atoms with Gasteiger partial charge >= 0.3 is 5.97 Å². The first-order valence-corrected chi connectivity index (χ1v) is 10.0. The molecule has 32 heavy (non-hydrogen) atoms. The van der Waals surface area contributed by atoms with Crippen LogP contribution in [0.2, 0.25) is 0 Å². The fourth-order valence-corrected chi connectivity index (χ4v) is 4.65. The van der Waals surface area contributed by atoms with Crippen LogP contribution in [0, 0.1) is 0 Å². The minimum absolute atomic E-state index is 0.0164. The van der Waals surface area contributed by atoms with Crippen LogP contribution in [0.4, 0.5) is 5.69 Å². The van der Waals surface area contributed by atoms with E-state index in [0.29, 0.717) is 39.4 Å². The lowest BCUT2D eigenvalue weighted by molar-refractivity contribution is 0.0224. The summed E-state index contributed by atoms with van der Waals surface area (Å²) in [5.74, 6) is 0.265. The van der Waals surface area contributed by atoms with Gasteiger partial charge in [-0.3, -0.25) is 0 Å². The fraction of sp³-hybridized carbons (Fsp3) is 0.0385. The predicted octanol–water partition coefficient (Wildman–Crippen LogP) is 4.92. The Kier molecular flexibility index (Phi) is 3.60. The average molecular weight is 423 g/mol. The van der Waals surface area contributed by atoms with Crippen molar-refractivity contribution >= 4 is 11.7 Å². The highest BCUT2D eigenvalue weighted by Gasteiger charge is 2.54. The molecule has 6 nitrogen and oxygen atoms in total. The van der Waals surface area contributed by atoms with E-state index in [9.17, 15) is 15.0 Å². The van der Waals surface area contributed by atoms with Crippen LogP contribution in [0.1, 0.15) is 27.0 Å². The van der Waals surface area contributed by atoms with Crippen molar-refractivity contribution in [1.29, 1.82) is 0 Å². The largest absolute Gasteiger partial charge is 0.508 e. The lowest BCUT2D eigenvalue weighted by Crippen LogP contribution is -2.32.